The number of fused-ring (bicyclic) bond motifs is 8. The molecule has 4 bridgehead atoms. The molecule has 0 aliphatic carbocycles. The van der Waals surface area contributed by atoms with E-state index < -0.39 is 70.2 Å². The molecule has 11 aliphatic rings. The lowest BCUT2D eigenvalue weighted by Crippen LogP contribution is -2.62. The Morgan fingerprint density at radius 3 is 0.980 bits per heavy atom. The fourth-order valence-corrected chi connectivity index (χ4v) is 22.2. The zero-order chi connectivity index (χ0) is 103. The van der Waals surface area contributed by atoms with Crippen LogP contribution in [-0.2, 0) is 19.2 Å². The third-order valence-electron chi connectivity index (χ3n) is 29.6. The predicted octanol–water partition coefficient (Wildman–Crippen LogP) is 5.82. The molecule has 778 valence electrons. The molecule has 52 heteroatoms. The van der Waals surface area contributed by atoms with Crippen LogP contribution in [0.4, 0.5) is 104 Å². The van der Waals surface area contributed by atoms with Crippen molar-refractivity contribution in [2.75, 3.05) is 201 Å². The number of aromatic nitrogens is 16. The molecule has 23 rings (SSSR count). The maximum Gasteiger partial charge on any atom is 0.263 e. The summed E-state index contributed by atoms with van der Waals surface area (Å²) in [7, 11) is 0. The van der Waals surface area contributed by atoms with Crippen molar-refractivity contribution in [3.05, 3.63) is 168 Å². The minimum absolute atomic E-state index is 0.0495. The van der Waals surface area contributed by atoms with E-state index in [4.69, 9.17) is 22.9 Å². The van der Waals surface area contributed by atoms with Crippen LogP contribution in [0.3, 0.4) is 0 Å². The Kier molecular flexibility index (Phi) is 28.7. The standard InChI is InChI=1S/C25H29F2N9O2.2C24H27F2N9O2.C23H27F2N9O2/c26-16-9-30-23-20(22(28)32-36(23)12-16)24(37)31-19-11-29-10-18(27)21(19)34-7-3-15(4-8-34)25(38)35-13-17(14-35)33-5-1-2-6-33;25-15-9-29-22-19(21(27)31-35(22)12-15)23(36)30-18-11-28-10-17(26)20(18)33-5-1-14(2-6-33)24(37)34-8-7-32-4-3-16(34)13-32;25-14-7-29-22-19(21(27)32-35(22)10-14)23(36)31-18-9-28-8-17(26)20(18)33-5-3-13(4-6-33)24(37)34-11-15-1-2-16(12-34)30-15;1-13-11-33(7-4-28-13)23(36)14-2-5-32(6-3-14)19-16(25)9-27-10-17(19)30-22(35)18-20(26)31-34-12-15(24)8-29-21(18)34/h9-12,15,17H,1-8,13-14H2,(H2,28,32)(H,31,37);9-12,14,16H,1-8,13H2,(H2,27,31)(H,30,36);7-10,13,15-16,30H,1-6,11-12H2,(H2,27,32)(H,31,36);8-10,12-14,28H,2-7,11H2,1H3,(H2,26,31)(H,30,35)/t;;;13-/m...1/s1. The first-order valence-corrected chi connectivity index (χ1v) is 49.6. The highest BCUT2D eigenvalue weighted by Gasteiger charge is 2.45. The third-order valence-corrected chi connectivity index (χ3v) is 29.6. The fourth-order valence-electron chi connectivity index (χ4n) is 22.2. The van der Waals surface area contributed by atoms with E-state index in [1.54, 1.807) is 0 Å². The molecule has 11 saturated heterocycles. The number of piperazine rings is 3. The summed E-state index contributed by atoms with van der Waals surface area (Å²) < 4.78 is 118. The van der Waals surface area contributed by atoms with E-state index in [1.807, 2.05) is 39.2 Å². The number of nitrogens with two attached hydrogens (primary N) is 4. The van der Waals surface area contributed by atoms with E-state index in [0.717, 1.165) is 184 Å². The minimum Gasteiger partial charge on any atom is -0.381 e. The van der Waals surface area contributed by atoms with Crippen molar-refractivity contribution in [3.63, 3.8) is 0 Å². The summed E-state index contributed by atoms with van der Waals surface area (Å²) in [4.78, 5) is 156. The molecule has 0 radical (unpaired) electrons. The Bertz CT molecular complexity index is 7060. The lowest BCUT2D eigenvalue weighted by Gasteiger charge is -2.46. The van der Waals surface area contributed by atoms with Crippen molar-refractivity contribution in [2.24, 2.45) is 23.7 Å². The Hall–Kier alpha value is -15.5. The van der Waals surface area contributed by atoms with E-state index in [0.29, 0.717) is 141 Å². The Morgan fingerprint density at radius 2 is 0.649 bits per heavy atom. The maximum absolute atomic E-state index is 15.0. The molecule has 8 amide bonds. The number of hydrogen-bond donors (Lipinski definition) is 10. The van der Waals surface area contributed by atoms with Crippen molar-refractivity contribution in [1.29, 1.82) is 0 Å². The van der Waals surface area contributed by atoms with Gasteiger partial charge in [0.1, 0.15) is 45.0 Å². The molecule has 12 aromatic heterocycles. The van der Waals surface area contributed by atoms with Gasteiger partial charge in [-0.2, -0.15) is 0 Å². The lowest BCUT2D eigenvalue weighted by atomic mass is 9.92. The van der Waals surface area contributed by atoms with Crippen molar-refractivity contribution in [3.8, 4) is 0 Å². The summed E-state index contributed by atoms with van der Waals surface area (Å²) >= 11 is 0. The van der Waals surface area contributed by atoms with Crippen LogP contribution >= 0.6 is 0 Å². The van der Waals surface area contributed by atoms with E-state index in [2.05, 4.69) is 109 Å². The number of halogens is 8. The average Bonchev–Trinajstić information content (AvgIpc) is 1.40. The molecule has 5 atom stereocenters. The number of rotatable bonds is 17. The highest BCUT2D eigenvalue weighted by Crippen LogP contribution is 2.41. The smallest absolute Gasteiger partial charge is 0.263 e. The predicted molar refractivity (Wildman–Crippen MR) is 526 cm³/mol. The number of pyridine rings is 4. The van der Waals surface area contributed by atoms with Gasteiger partial charge in [0.2, 0.25) is 23.6 Å². The van der Waals surface area contributed by atoms with Crippen molar-refractivity contribution < 1.29 is 73.5 Å². The number of likely N-dealkylation sites (tertiary alicyclic amines) is 3. The van der Waals surface area contributed by atoms with Gasteiger partial charge in [0.05, 0.1) is 122 Å². The van der Waals surface area contributed by atoms with Crippen LogP contribution in [0.15, 0.2) is 99.1 Å². The summed E-state index contributed by atoms with van der Waals surface area (Å²) in [6.45, 7) is 16.9. The monoisotopic (exact) mass is 2050 g/mol. The van der Waals surface area contributed by atoms with E-state index in [1.165, 1.54) is 37.6 Å². The highest BCUT2D eigenvalue weighted by molar-refractivity contribution is 6.15. The fraction of sp³-hybridized carbons (Fsp3) is 0.458. The molecule has 4 unspecified atom stereocenters. The molecule has 0 saturated carbocycles. The van der Waals surface area contributed by atoms with Crippen LogP contribution in [0, 0.1) is 70.2 Å². The highest BCUT2D eigenvalue weighted by atomic mass is 19.2. The van der Waals surface area contributed by atoms with Gasteiger partial charge in [-0.3, -0.25) is 68.1 Å². The second-order valence-corrected chi connectivity index (χ2v) is 39.1. The number of carbonyl (C=O) groups is 8. The topological polar surface area (TPSA) is 518 Å². The quantitative estimate of drug-likeness (QED) is 0.0480. The summed E-state index contributed by atoms with van der Waals surface area (Å²) in [5.74, 6) is -7.86. The van der Waals surface area contributed by atoms with Crippen LogP contribution in [0.25, 0.3) is 22.6 Å². The van der Waals surface area contributed by atoms with Gasteiger partial charge in [-0.25, -0.2) is 73.1 Å². The normalized spacial score (nSPS) is 20.6. The van der Waals surface area contributed by atoms with Crippen LogP contribution in [0.1, 0.15) is 132 Å². The number of carbonyl (C=O) groups excluding carboxylic acids is 8. The van der Waals surface area contributed by atoms with Gasteiger partial charge >= 0.3 is 0 Å². The van der Waals surface area contributed by atoms with Gasteiger partial charge in [-0.05, 0) is 103 Å². The lowest BCUT2D eigenvalue weighted by molar-refractivity contribution is -0.143. The molecule has 12 aromatic rings. The van der Waals surface area contributed by atoms with E-state index in [-0.39, 0.29) is 167 Å². The number of piperidine rings is 4. The van der Waals surface area contributed by atoms with Gasteiger partial charge in [-0.1, -0.05) is 0 Å². The van der Waals surface area contributed by atoms with Crippen molar-refractivity contribution >= 4 is 139 Å². The Balaban J connectivity index is 0.000000120. The van der Waals surface area contributed by atoms with Gasteiger partial charge in [-0.15, -0.1) is 20.4 Å². The van der Waals surface area contributed by atoms with Gasteiger partial charge < -0.3 is 94.0 Å². The molecule has 0 aromatic carbocycles. The average molecular weight is 2050 g/mol. The number of nitrogens with zero attached hydrogens (tertiary/aromatic N) is 26. The van der Waals surface area contributed by atoms with Crippen LogP contribution in [-0.4, -0.2) is 323 Å². The Morgan fingerprint density at radius 1 is 0.331 bits per heavy atom. The van der Waals surface area contributed by atoms with Gasteiger partial charge in [0, 0.05) is 178 Å². The maximum atomic E-state index is 15.0. The first-order chi connectivity index (χ1) is 71.5. The molecule has 23 heterocycles. The molecular weight excluding hydrogens is 1940 g/mol. The van der Waals surface area contributed by atoms with Crippen molar-refractivity contribution in [1.82, 2.24) is 118 Å². The summed E-state index contributed by atoms with van der Waals surface area (Å²) in [6, 6.07) is 1.82. The zero-order valence-electron chi connectivity index (χ0n) is 80.7. The molecule has 0 spiro atoms. The minimum atomic E-state index is -0.673. The first-order valence-electron chi connectivity index (χ1n) is 49.6. The SMILES string of the molecule is C[C@@H]1CN(C(=O)C2CCN(c3c(F)cncc3NC(=O)c3c(N)nn4cc(F)cnc34)CC2)CCN1.Nc1nn2cc(F)cnc2c1C(=O)Nc1cncc(F)c1N1CCC(C(=O)N2CC(N3CCCC3)C2)CC1.Nc1nn2cc(F)cnc2c1C(=O)Nc1cncc(F)c1N1CCC(C(=O)N2CC3CCC(C2)N3)CC1.Nc1nn2cc(F)cnc2c1C(=O)Nc1cncc(F)c1N1CCC(C(=O)N2CCN3CCC2C3)CC1. The summed E-state index contributed by atoms with van der Waals surface area (Å²) in [5.41, 5.74) is 25.1. The summed E-state index contributed by atoms with van der Waals surface area (Å²) in [6.07, 6.45) is 28.3. The van der Waals surface area contributed by atoms with Gasteiger partial charge in [0.15, 0.2) is 92.4 Å². The first kappa shape index (κ1) is 99.8. The van der Waals surface area contributed by atoms with Crippen LogP contribution in [0.5, 0.6) is 0 Å². The molecular formula is C96H110F8N36O8. The molecule has 11 aliphatic heterocycles. The largest absolute Gasteiger partial charge is 0.381 e. The number of hydrogen-bond acceptors (Lipinski definition) is 32. The van der Waals surface area contributed by atoms with Crippen molar-refractivity contribution in [2.45, 2.75) is 121 Å². The number of anilines is 12. The second-order valence-electron chi connectivity index (χ2n) is 39.1. The molecule has 14 N–H and O–H groups in total. The van der Waals surface area contributed by atoms with E-state index >= 15 is 13.2 Å². The number of nitrogen functional groups attached to an aromatic ring is 4. The number of nitrogens with one attached hydrogen (secondary N) is 6. The van der Waals surface area contributed by atoms with E-state index in [9.17, 15) is 60.3 Å². The van der Waals surface area contributed by atoms with Crippen LogP contribution < -0.4 is 74.4 Å². The van der Waals surface area contributed by atoms with Gasteiger partial charge in [0.25, 0.3) is 23.6 Å². The molecule has 11 fully saturated rings. The molecule has 44 nitrogen and oxygen atoms in total. The van der Waals surface area contributed by atoms with Crippen LogP contribution in [0.2, 0.25) is 0 Å². The Labute approximate surface area is 840 Å². The second kappa shape index (κ2) is 42.5. The molecule has 148 heavy (non-hydrogen) atoms. The third kappa shape index (κ3) is 20.8. The summed E-state index contributed by atoms with van der Waals surface area (Å²) in [5, 5.41) is 33.3. The number of amides is 8. The zero-order valence-corrected chi connectivity index (χ0v) is 80.7.